The number of hydrogen-bond donors (Lipinski definition) is 2. The van der Waals surface area contributed by atoms with E-state index >= 15 is 0 Å². The first kappa shape index (κ1) is 31.2. The molecule has 2 aromatic carbocycles. The Kier molecular flexibility index (Phi) is 11.2. The second-order valence-electron chi connectivity index (χ2n) is 10.6. The Morgan fingerprint density at radius 2 is 1.55 bits per heavy atom. The molecule has 2 N–H and O–H groups in total. The maximum atomic E-state index is 14.0. The van der Waals surface area contributed by atoms with Gasteiger partial charge in [0.2, 0.25) is 5.91 Å². The number of thioether (sulfide) groups is 1. The van der Waals surface area contributed by atoms with E-state index in [1.165, 1.54) is 0 Å². The van der Waals surface area contributed by atoms with Gasteiger partial charge in [-0.2, -0.15) is 11.8 Å². The second-order valence-corrected chi connectivity index (χ2v) is 11.5. The molecule has 0 radical (unpaired) electrons. The van der Waals surface area contributed by atoms with Crippen LogP contribution in [-0.4, -0.2) is 53.0 Å². The van der Waals surface area contributed by atoms with Crippen LogP contribution in [0, 0.1) is 27.7 Å². The molecule has 0 saturated heterocycles. The van der Waals surface area contributed by atoms with E-state index in [9.17, 15) is 14.4 Å². The molecular weight excluding hydrogens is 498 g/mol. The number of carbonyl (C=O) groups excluding carboxylic acids is 3. The van der Waals surface area contributed by atoms with E-state index in [4.69, 9.17) is 4.74 Å². The van der Waals surface area contributed by atoms with Crippen molar-refractivity contribution in [3.05, 3.63) is 64.2 Å². The molecule has 2 aromatic rings. The van der Waals surface area contributed by atoms with Crippen molar-refractivity contribution in [1.82, 2.24) is 10.2 Å². The predicted octanol–water partition coefficient (Wildman–Crippen LogP) is 6.09. The highest BCUT2D eigenvalue weighted by Gasteiger charge is 2.36. The standard InChI is InChI=1S/C30H43N3O4S/c1-10-33(28(35)24(17-18-38-9)31-29(36)37-30(6,7)8)26(23-16-12-13-19(2)22(23)5)27(34)32-25-20(3)14-11-15-21(25)4/h11-16,24,26H,10,17-18H2,1-9H3,(H,31,36)(H,32,34). The highest BCUT2D eigenvalue weighted by Crippen LogP contribution is 2.30. The van der Waals surface area contributed by atoms with Crippen LogP contribution >= 0.6 is 11.8 Å². The van der Waals surface area contributed by atoms with Gasteiger partial charge in [-0.25, -0.2) is 4.79 Å². The van der Waals surface area contributed by atoms with Gasteiger partial charge in [-0.1, -0.05) is 36.4 Å². The molecule has 0 saturated carbocycles. The summed E-state index contributed by atoms with van der Waals surface area (Å²) in [7, 11) is 0. The Balaban J connectivity index is 2.54. The number of para-hydroxylation sites is 1. The Morgan fingerprint density at radius 3 is 2.11 bits per heavy atom. The Hall–Kier alpha value is -3.00. The lowest BCUT2D eigenvalue weighted by Gasteiger charge is -2.34. The minimum absolute atomic E-state index is 0.281. The number of likely N-dealkylation sites (N-methyl/N-ethyl adjacent to an activating group) is 1. The molecule has 0 spiro atoms. The number of amides is 3. The van der Waals surface area contributed by atoms with E-state index in [1.807, 2.05) is 77.3 Å². The van der Waals surface area contributed by atoms with Crippen molar-refractivity contribution in [2.24, 2.45) is 0 Å². The number of ether oxygens (including phenoxy) is 1. The van der Waals surface area contributed by atoms with Crippen LogP contribution in [0.15, 0.2) is 36.4 Å². The Bertz CT molecular complexity index is 1120. The van der Waals surface area contributed by atoms with Crippen LogP contribution < -0.4 is 10.6 Å². The van der Waals surface area contributed by atoms with Crippen LogP contribution in [0.3, 0.4) is 0 Å². The van der Waals surface area contributed by atoms with Crippen molar-refractivity contribution in [1.29, 1.82) is 0 Å². The van der Waals surface area contributed by atoms with Gasteiger partial charge in [0.15, 0.2) is 0 Å². The van der Waals surface area contributed by atoms with Crippen LogP contribution in [0.4, 0.5) is 10.5 Å². The molecule has 2 atom stereocenters. The SMILES string of the molecule is CCN(C(=O)C(CCSC)NC(=O)OC(C)(C)C)C(C(=O)Nc1c(C)cccc1C)c1cccc(C)c1C. The van der Waals surface area contributed by atoms with Crippen LogP contribution in [0.5, 0.6) is 0 Å². The van der Waals surface area contributed by atoms with Gasteiger partial charge in [-0.3, -0.25) is 9.59 Å². The molecule has 0 aliphatic rings. The molecule has 3 amide bonds. The third kappa shape index (κ3) is 8.25. The molecule has 0 bridgehead atoms. The minimum atomic E-state index is -0.886. The lowest BCUT2D eigenvalue weighted by molar-refractivity contribution is -0.140. The van der Waals surface area contributed by atoms with Gasteiger partial charge < -0.3 is 20.3 Å². The van der Waals surface area contributed by atoms with Crippen LogP contribution in [0.2, 0.25) is 0 Å². The van der Waals surface area contributed by atoms with E-state index in [1.54, 1.807) is 37.4 Å². The summed E-state index contributed by atoms with van der Waals surface area (Å²) in [5, 5.41) is 5.86. The van der Waals surface area contributed by atoms with Gasteiger partial charge >= 0.3 is 6.09 Å². The van der Waals surface area contributed by atoms with Crippen molar-refractivity contribution in [2.45, 2.75) is 79.5 Å². The third-order valence-electron chi connectivity index (χ3n) is 6.45. The lowest BCUT2D eigenvalue weighted by atomic mass is 9.94. The monoisotopic (exact) mass is 541 g/mol. The summed E-state index contributed by atoms with van der Waals surface area (Å²) < 4.78 is 5.44. The van der Waals surface area contributed by atoms with E-state index in [0.29, 0.717) is 12.2 Å². The van der Waals surface area contributed by atoms with Crippen LogP contribution in [-0.2, 0) is 14.3 Å². The van der Waals surface area contributed by atoms with Crippen molar-refractivity contribution < 1.29 is 19.1 Å². The molecule has 208 valence electrons. The van der Waals surface area contributed by atoms with Crippen molar-refractivity contribution in [3.8, 4) is 0 Å². The van der Waals surface area contributed by atoms with Gasteiger partial charge in [0.25, 0.3) is 5.91 Å². The first-order valence-electron chi connectivity index (χ1n) is 13.0. The summed E-state index contributed by atoms with van der Waals surface area (Å²) in [6.07, 6.45) is 1.70. The van der Waals surface area contributed by atoms with Crippen molar-refractivity contribution >= 4 is 35.4 Å². The molecule has 38 heavy (non-hydrogen) atoms. The first-order valence-corrected chi connectivity index (χ1v) is 14.4. The van der Waals surface area contributed by atoms with Gasteiger partial charge in [-0.05, 0) is 102 Å². The summed E-state index contributed by atoms with van der Waals surface area (Å²) in [5.41, 5.74) is 4.65. The highest BCUT2D eigenvalue weighted by molar-refractivity contribution is 7.98. The number of carbonyl (C=O) groups is 3. The summed E-state index contributed by atoms with van der Waals surface area (Å²) in [6, 6.07) is 9.90. The van der Waals surface area contributed by atoms with E-state index < -0.39 is 23.8 Å². The molecule has 7 nitrogen and oxygen atoms in total. The number of rotatable bonds is 10. The molecule has 2 rings (SSSR count). The Morgan fingerprint density at radius 1 is 0.974 bits per heavy atom. The molecule has 0 fully saturated rings. The molecule has 0 aromatic heterocycles. The summed E-state index contributed by atoms with van der Waals surface area (Å²) >= 11 is 1.59. The minimum Gasteiger partial charge on any atom is -0.444 e. The number of benzene rings is 2. The van der Waals surface area contributed by atoms with Gasteiger partial charge in [0, 0.05) is 12.2 Å². The van der Waals surface area contributed by atoms with Crippen molar-refractivity contribution in [2.75, 3.05) is 23.9 Å². The van der Waals surface area contributed by atoms with E-state index in [-0.39, 0.29) is 18.4 Å². The topological polar surface area (TPSA) is 87.7 Å². The average Bonchev–Trinajstić information content (AvgIpc) is 2.83. The quantitative estimate of drug-likeness (QED) is 0.380. The zero-order valence-electron chi connectivity index (χ0n) is 24.2. The lowest BCUT2D eigenvalue weighted by Crippen LogP contribution is -2.52. The third-order valence-corrected chi connectivity index (χ3v) is 7.10. The average molecular weight is 542 g/mol. The maximum absolute atomic E-state index is 14.0. The normalized spacial score (nSPS) is 12.9. The zero-order chi connectivity index (χ0) is 28.6. The van der Waals surface area contributed by atoms with Gasteiger partial charge in [0.05, 0.1) is 0 Å². The Labute approximate surface area is 232 Å². The fraction of sp³-hybridized carbons (Fsp3) is 0.500. The summed E-state index contributed by atoms with van der Waals surface area (Å²) in [6.45, 7) is 15.3. The summed E-state index contributed by atoms with van der Waals surface area (Å²) in [4.78, 5) is 42.3. The number of aryl methyl sites for hydroxylation is 3. The number of anilines is 1. The summed E-state index contributed by atoms with van der Waals surface area (Å²) in [5.74, 6) is 0.0362. The molecule has 0 aliphatic carbocycles. The predicted molar refractivity (Wildman–Crippen MR) is 157 cm³/mol. The molecular formula is C30H43N3O4S. The smallest absolute Gasteiger partial charge is 0.408 e. The number of alkyl carbamates (subject to hydrolysis) is 1. The van der Waals surface area contributed by atoms with Gasteiger partial charge in [-0.15, -0.1) is 0 Å². The van der Waals surface area contributed by atoms with E-state index in [0.717, 1.165) is 33.5 Å². The number of hydrogen-bond acceptors (Lipinski definition) is 5. The van der Waals surface area contributed by atoms with Crippen molar-refractivity contribution in [3.63, 3.8) is 0 Å². The van der Waals surface area contributed by atoms with E-state index in [2.05, 4.69) is 10.6 Å². The number of nitrogens with zero attached hydrogens (tertiary/aromatic N) is 1. The fourth-order valence-electron chi connectivity index (χ4n) is 4.33. The fourth-order valence-corrected chi connectivity index (χ4v) is 4.80. The van der Waals surface area contributed by atoms with Gasteiger partial charge in [0.1, 0.15) is 17.7 Å². The molecule has 0 aliphatic heterocycles. The van der Waals surface area contributed by atoms with Crippen LogP contribution in [0.1, 0.15) is 68.0 Å². The van der Waals surface area contributed by atoms with Crippen LogP contribution in [0.25, 0.3) is 0 Å². The first-order chi connectivity index (χ1) is 17.8. The number of nitrogens with one attached hydrogen (secondary N) is 2. The highest BCUT2D eigenvalue weighted by atomic mass is 32.2. The molecule has 8 heteroatoms. The molecule has 0 heterocycles. The molecule has 2 unspecified atom stereocenters. The zero-order valence-corrected chi connectivity index (χ0v) is 25.0. The largest absolute Gasteiger partial charge is 0.444 e. The maximum Gasteiger partial charge on any atom is 0.408 e. The second kappa shape index (κ2) is 13.7.